The van der Waals surface area contributed by atoms with Crippen LogP contribution in [0.3, 0.4) is 0 Å². The summed E-state index contributed by atoms with van der Waals surface area (Å²) < 4.78 is 7.10. The molecule has 1 heterocycles. The topological polar surface area (TPSA) is 47.3 Å². The number of ether oxygens (including phenoxy) is 1. The minimum atomic E-state index is -0.469. The largest absolute Gasteiger partial charge is 0.493 e. The number of aliphatic hydroxyl groups is 1. The van der Waals surface area contributed by atoms with Crippen molar-refractivity contribution >= 4 is 0 Å². The van der Waals surface area contributed by atoms with Crippen molar-refractivity contribution in [1.82, 2.24) is 9.78 Å². The van der Waals surface area contributed by atoms with E-state index < -0.39 is 6.10 Å². The Morgan fingerprint density at radius 2 is 1.80 bits per heavy atom. The summed E-state index contributed by atoms with van der Waals surface area (Å²) in [5.41, 5.74) is 0.820. The van der Waals surface area contributed by atoms with Gasteiger partial charge in [-0.15, -0.1) is 0 Å². The van der Waals surface area contributed by atoms with Crippen molar-refractivity contribution in [3.63, 3.8) is 0 Å². The number of aliphatic hydroxyl groups excluding tert-OH is 1. The molecule has 0 saturated heterocycles. The van der Waals surface area contributed by atoms with Gasteiger partial charge in [-0.25, -0.2) is 0 Å². The lowest BCUT2D eigenvalue weighted by Gasteiger charge is -2.14. The van der Waals surface area contributed by atoms with E-state index in [9.17, 15) is 5.11 Å². The van der Waals surface area contributed by atoms with Gasteiger partial charge in [-0.3, -0.25) is 4.68 Å². The Kier molecular flexibility index (Phi) is 8.35. The Hall–Kier alpha value is -1.03. The van der Waals surface area contributed by atoms with E-state index in [1.54, 1.807) is 13.3 Å². The molecule has 1 aromatic rings. The average molecular weight is 282 g/mol. The van der Waals surface area contributed by atoms with Gasteiger partial charge in [0.2, 0.25) is 0 Å². The number of nitrogens with zero attached hydrogens (tertiary/aromatic N) is 2. The van der Waals surface area contributed by atoms with Crippen LogP contribution in [-0.2, 0) is 6.54 Å². The standard InChI is InChI=1S/C16H30N2O2/c1-4-6-7-8-9-10-11-12-14(19)16-15(20-3)13-17-18(16)5-2/h13-14,19H,4-12H2,1-3H3. The fraction of sp³-hybridized carbons (Fsp3) is 0.812. The predicted octanol–water partition coefficient (Wildman–Crippen LogP) is 4.09. The number of aryl methyl sites for hydroxylation is 1. The summed E-state index contributed by atoms with van der Waals surface area (Å²) in [4.78, 5) is 0. The first-order valence-corrected chi connectivity index (χ1v) is 8.02. The molecule has 0 amide bonds. The van der Waals surface area contributed by atoms with Gasteiger partial charge >= 0.3 is 0 Å². The number of hydrogen-bond donors (Lipinski definition) is 1. The number of methoxy groups -OCH3 is 1. The zero-order chi connectivity index (χ0) is 14.8. The van der Waals surface area contributed by atoms with Gasteiger partial charge in [-0.2, -0.15) is 5.10 Å². The van der Waals surface area contributed by atoms with Gasteiger partial charge in [0.25, 0.3) is 0 Å². The Balaban J connectivity index is 2.32. The first kappa shape index (κ1) is 17.0. The van der Waals surface area contributed by atoms with E-state index in [-0.39, 0.29) is 0 Å². The predicted molar refractivity (Wildman–Crippen MR) is 82.0 cm³/mol. The second-order valence-electron chi connectivity index (χ2n) is 5.34. The summed E-state index contributed by atoms with van der Waals surface area (Å²) in [6, 6.07) is 0. The third-order valence-electron chi connectivity index (χ3n) is 3.76. The Labute approximate surface area is 123 Å². The fourth-order valence-electron chi connectivity index (χ4n) is 2.55. The zero-order valence-electron chi connectivity index (χ0n) is 13.3. The van der Waals surface area contributed by atoms with Crippen LogP contribution in [0.2, 0.25) is 0 Å². The summed E-state index contributed by atoms with van der Waals surface area (Å²) in [5.74, 6) is 0.697. The molecule has 0 spiro atoms. The summed E-state index contributed by atoms with van der Waals surface area (Å²) in [5, 5.41) is 14.6. The van der Waals surface area contributed by atoms with Crippen LogP contribution in [-0.4, -0.2) is 22.0 Å². The molecule has 0 bridgehead atoms. The molecule has 0 saturated carbocycles. The third-order valence-corrected chi connectivity index (χ3v) is 3.76. The van der Waals surface area contributed by atoms with Gasteiger partial charge in [0.05, 0.1) is 19.4 Å². The van der Waals surface area contributed by atoms with Gasteiger partial charge < -0.3 is 9.84 Å². The highest BCUT2D eigenvalue weighted by Gasteiger charge is 2.18. The molecular weight excluding hydrogens is 252 g/mol. The monoisotopic (exact) mass is 282 g/mol. The molecule has 4 nitrogen and oxygen atoms in total. The summed E-state index contributed by atoms with van der Waals surface area (Å²) in [6.45, 7) is 5.02. The van der Waals surface area contributed by atoms with E-state index in [1.165, 1.54) is 38.5 Å². The Morgan fingerprint density at radius 3 is 2.40 bits per heavy atom. The molecular formula is C16H30N2O2. The molecule has 1 aromatic heterocycles. The van der Waals surface area contributed by atoms with Crippen molar-refractivity contribution in [3.8, 4) is 5.75 Å². The zero-order valence-corrected chi connectivity index (χ0v) is 13.3. The van der Waals surface area contributed by atoms with Crippen LogP contribution in [0.4, 0.5) is 0 Å². The van der Waals surface area contributed by atoms with Gasteiger partial charge in [0.15, 0.2) is 5.75 Å². The molecule has 0 fully saturated rings. The second kappa shape index (κ2) is 9.81. The molecule has 0 aliphatic carbocycles. The summed E-state index contributed by atoms with van der Waals surface area (Å²) in [6.07, 6.45) is 10.8. The number of rotatable bonds is 11. The van der Waals surface area contributed by atoms with E-state index in [2.05, 4.69) is 12.0 Å². The van der Waals surface area contributed by atoms with E-state index >= 15 is 0 Å². The maximum atomic E-state index is 10.3. The summed E-state index contributed by atoms with van der Waals surface area (Å²) >= 11 is 0. The van der Waals surface area contributed by atoms with Gasteiger partial charge in [0, 0.05) is 6.54 Å². The first-order chi connectivity index (χ1) is 9.74. The van der Waals surface area contributed by atoms with Crippen LogP contribution in [0.1, 0.15) is 77.0 Å². The van der Waals surface area contributed by atoms with Gasteiger partial charge in [-0.05, 0) is 13.3 Å². The Morgan fingerprint density at radius 1 is 1.15 bits per heavy atom. The molecule has 4 heteroatoms. The van der Waals surface area contributed by atoms with Crippen molar-refractivity contribution in [2.75, 3.05) is 7.11 Å². The summed E-state index contributed by atoms with van der Waals surface area (Å²) in [7, 11) is 1.63. The Bertz CT molecular complexity index is 342. The third kappa shape index (κ3) is 5.16. The second-order valence-corrected chi connectivity index (χ2v) is 5.34. The maximum Gasteiger partial charge on any atom is 0.162 e. The van der Waals surface area contributed by atoms with Crippen molar-refractivity contribution in [1.29, 1.82) is 0 Å². The van der Waals surface area contributed by atoms with E-state index in [0.29, 0.717) is 5.75 Å². The normalized spacial score (nSPS) is 12.6. The molecule has 116 valence electrons. The molecule has 1 N–H and O–H groups in total. The highest BCUT2D eigenvalue weighted by atomic mass is 16.5. The van der Waals surface area contributed by atoms with Gasteiger partial charge in [-0.1, -0.05) is 51.9 Å². The number of unbranched alkanes of at least 4 members (excludes halogenated alkanes) is 6. The lowest BCUT2D eigenvalue weighted by molar-refractivity contribution is 0.148. The van der Waals surface area contributed by atoms with Crippen LogP contribution in [0, 0.1) is 0 Å². The van der Waals surface area contributed by atoms with Gasteiger partial charge in [0.1, 0.15) is 5.69 Å². The van der Waals surface area contributed by atoms with Crippen molar-refractivity contribution in [2.45, 2.75) is 77.9 Å². The number of hydrogen-bond acceptors (Lipinski definition) is 3. The smallest absolute Gasteiger partial charge is 0.162 e. The number of aromatic nitrogens is 2. The lowest BCUT2D eigenvalue weighted by Crippen LogP contribution is -2.09. The quantitative estimate of drug-likeness (QED) is 0.622. The molecule has 0 radical (unpaired) electrons. The van der Waals surface area contributed by atoms with Crippen LogP contribution >= 0.6 is 0 Å². The van der Waals surface area contributed by atoms with E-state index in [0.717, 1.165) is 25.1 Å². The average Bonchev–Trinajstić information content (AvgIpc) is 2.89. The maximum absolute atomic E-state index is 10.3. The SMILES string of the molecule is CCCCCCCCCC(O)c1c(OC)cnn1CC. The van der Waals surface area contributed by atoms with Crippen LogP contribution in [0.25, 0.3) is 0 Å². The van der Waals surface area contributed by atoms with Crippen molar-refractivity contribution in [3.05, 3.63) is 11.9 Å². The minimum Gasteiger partial charge on any atom is -0.493 e. The molecule has 0 aliphatic heterocycles. The molecule has 0 aliphatic rings. The van der Waals surface area contributed by atoms with Crippen LogP contribution in [0.15, 0.2) is 6.20 Å². The first-order valence-electron chi connectivity index (χ1n) is 8.02. The molecule has 1 unspecified atom stereocenters. The molecule has 20 heavy (non-hydrogen) atoms. The van der Waals surface area contributed by atoms with Crippen LogP contribution < -0.4 is 4.74 Å². The van der Waals surface area contributed by atoms with E-state index in [4.69, 9.17) is 4.74 Å². The lowest BCUT2D eigenvalue weighted by atomic mass is 10.0. The minimum absolute atomic E-state index is 0.469. The van der Waals surface area contributed by atoms with Crippen molar-refractivity contribution in [2.24, 2.45) is 0 Å². The van der Waals surface area contributed by atoms with Crippen LogP contribution in [0.5, 0.6) is 5.75 Å². The van der Waals surface area contributed by atoms with Crippen molar-refractivity contribution < 1.29 is 9.84 Å². The molecule has 1 atom stereocenters. The highest BCUT2D eigenvalue weighted by Crippen LogP contribution is 2.28. The van der Waals surface area contributed by atoms with E-state index in [1.807, 2.05) is 11.6 Å². The molecule has 1 rings (SSSR count). The fourth-order valence-corrected chi connectivity index (χ4v) is 2.55. The molecule has 0 aromatic carbocycles. The highest BCUT2D eigenvalue weighted by molar-refractivity contribution is 5.27.